The van der Waals surface area contributed by atoms with Crippen molar-refractivity contribution in [3.8, 4) is 0 Å². The van der Waals surface area contributed by atoms with E-state index in [-0.39, 0.29) is 79.6 Å². The van der Waals surface area contributed by atoms with Gasteiger partial charge in [0.1, 0.15) is 36.2 Å². The van der Waals surface area contributed by atoms with E-state index in [4.69, 9.17) is 80.3 Å². The number of piperidine rings is 3. The maximum atomic E-state index is 14.0. The molecule has 540 valence electrons. The SMILES string of the molecule is CC(C)(C)[S@@](=O)N[C@@H]1CCCC12CCN(c1cnc(Sc3cccc(Cl)c3Cl)c(C(F)(F)F)n1)CC2.CC(C)(C)[S@@](=O)N[C@@H]1CCCC12CCN(c1cnc(Sc3cccc(Cl)c3Cl)c(I)n1)CC2.N[C@@H]1CCCC12CCN(c1cnc(Sc3cccc(Cl)c3Cl)c(C(F)(F)F)n1)CC2. The summed E-state index contributed by atoms with van der Waals surface area (Å²) in [5.41, 5.74) is 4.60. The molecule has 32 heteroatoms. The lowest BCUT2D eigenvalue weighted by Crippen LogP contribution is -2.51. The van der Waals surface area contributed by atoms with Crippen molar-refractivity contribution in [3.63, 3.8) is 0 Å². The molecule has 3 aliphatic carbocycles. The van der Waals surface area contributed by atoms with Crippen molar-refractivity contribution in [3.05, 3.63) is 118 Å². The summed E-state index contributed by atoms with van der Waals surface area (Å²) in [6.07, 6.45) is 10.6. The zero-order valence-electron chi connectivity index (χ0n) is 55.4. The monoisotopic (exact) mass is 1690 g/mol. The maximum Gasteiger partial charge on any atom is 0.436 e. The molecule has 3 aliphatic heterocycles. The summed E-state index contributed by atoms with van der Waals surface area (Å²) in [5, 5.41) is 2.28. The van der Waals surface area contributed by atoms with Crippen molar-refractivity contribution in [1.82, 2.24) is 39.3 Å². The fraction of sp³-hybridized carbons (Fsp3) is 0.552. The summed E-state index contributed by atoms with van der Waals surface area (Å²) >= 11 is 42.1. The Morgan fingerprint density at radius 2 is 0.798 bits per heavy atom. The molecule has 3 saturated heterocycles. The minimum absolute atomic E-state index is 0.00316. The number of hydrogen-bond donors (Lipinski definition) is 3. The van der Waals surface area contributed by atoms with Crippen LogP contribution in [0.25, 0.3) is 0 Å². The smallest absolute Gasteiger partial charge is 0.355 e. The van der Waals surface area contributed by atoms with Crippen molar-refractivity contribution < 1.29 is 34.8 Å². The van der Waals surface area contributed by atoms with E-state index in [1.807, 2.05) is 69.7 Å². The van der Waals surface area contributed by atoms with Gasteiger partial charge < -0.3 is 20.4 Å². The first-order chi connectivity index (χ1) is 46.6. The number of halogens is 13. The normalized spacial score (nSPS) is 21.4. The fourth-order valence-electron chi connectivity index (χ4n) is 13.9. The Hall–Kier alpha value is -2.42. The first-order valence-electron chi connectivity index (χ1n) is 32.7. The molecule has 6 heterocycles. The van der Waals surface area contributed by atoms with Gasteiger partial charge in [-0.15, -0.1) is 0 Å². The molecule has 14 nitrogen and oxygen atoms in total. The summed E-state index contributed by atoms with van der Waals surface area (Å²) in [6.45, 7) is 16.2. The van der Waals surface area contributed by atoms with E-state index >= 15 is 0 Å². The van der Waals surface area contributed by atoms with Crippen LogP contribution < -0.4 is 29.9 Å². The Labute approximate surface area is 637 Å². The molecular formula is C67H79Cl6F6IN12O2S5. The van der Waals surface area contributed by atoms with E-state index in [0.29, 0.717) is 52.1 Å². The van der Waals surface area contributed by atoms with Crippen molar-refractivity contribution in [2.45, 2.75) is 208 Å². The van der Waals surface area contributed by atoms with Crippen LogP contribution in [0, 0.1) is 19.9 Å². The molecule has 3 spiro atoms. The third-order valence-electron chi connectivity index (χ3n) is 19.7. The van der Waals surface area contributed by atoms with Gasteiger partial charge in [0.25, 0.3) is 0 Å². The molecule has 5 atom stereocenters. The van der Waals surface area contributed by atoms with Gasteiger partial charge in [0.2, 0.25) is 0 Å². The second-order valence-corrected chi connectivity index (χ2v) is 38.4. The largest absolute Gasteiger partial charge is 0.436 e. The molecule has 0 amide bonds. The van der Waals surface area contributed by atoms with Crippen LogP contribution in [-0.4, -0.2) is 105 Å². The Balaban J connectivity index is 0.000000161. The van der Waals surface area contributed by atoms with Crippen molar-refractivity contribution in [1.29, 1.82) is 0 Å². The van der Waals surface area contributed by atoms with E-state index in [1.165, 1.54) is 37.0 Å². The molecule has 6 fully saturated rings. The van der Waals surface area contributed by atoms with Crippen LogP contribution in [0.2, 0.25) is 30.1 Å². The van der Waals surface area contributed by atoms with Gasteiger partial charge in [-0.25, -0.2) is 47.8 Å². The molecular weight excluding hydrogens is 1620 g/mol. The summed E-state index contributed by atoms with van der Waals surface area (Å²) in [7, 11) is -2.20. The quantitative estimate of drug-likeness (QED) is 0.0736. The fourth-order valence-corrected chi connectivity index (χ4v) is 20.6. The second kappa shape index (κ2) is 32.7. The molecule has 3 aromatic carbocycles. The summed E-state index contributed by atoms with van der Waals surface area (Å²) in [6, 6.07) is 15.8. The van der Waals surface area contributed by atoms with E-state index in [0.717, 1.165) is 140 Å². The van der Waals surface area contributed by atoms with Gasteiger partial charge in [0.05, 0.1) is 80.2 Å². The molecule has 6 aromatic rings. The van der Waals surface area contributed by atoms with Crippen LogP contribution in [-0.2, 0) is 34.3 Å². The molecule has 3 aromatic heterocycles. The first kappa shape index (κ1) is 79.2. The van der Waals surface area contributed by atoms with E-state index in [9.17, 15) is 34.8 Å². The molecule has 0 unspecified atom stereocenters. The van der Waals surface area contributed by atoms with Gasteiger partial charge in [-0.1, -0.05) is 142 Å². The van der Waals surface area contributed by atoms with Crippen LogP contribution in [0.1, 0.15) is 149 Å². The van der Waals surface area contributed by atoms with Crippen molar-refractivity contribution in [2.75, 3.05) is 54.0 Å². The van der Waals surface area contributed by atoms with Gasteiger partial charge >= 0.3 is 12.4 Å². The Morgan fingerprint density at radius 3 is 1.12 bits per heavy atom. The number of anilines is 3. The topological polar surface area (TPSA) is 171 Å². The van der Waals surface area contributed by atoms with Gasteiger partial charge in [-0.3, -0.25) is 0 Å². The molecule has 3 saturated carbocycles. The van der Waals surface area contributed by atoms with Crippen LogP contribution >= 0.6 is 127 Å². The third-order valence-corrected chi connectivity index (χ3v) is 30.0. The number of nitrogens with two attached hydrogens (primary N) is 1. The average Bonchev–Trinajstić information content (AvgIpc) is 1.78. The number of nitrogens with one attached hydrogen (secondary N) is 2. The Kier molecular flexibility index (Phi) is 26.2. The van der Waals surface area contributed by atoms with Crippen molar-refractivity contribution >= 4 is 167 Å². The number of aromatic nitrogens is 6. The molecule has 0 radical (unpaired) electrons. The lowest BCUT2D eigenvalue weighted by molar-refractivity contribution is -0.144. The molecule has 6 aliphatic rings. The number of alkyl halides is 6. The highest BCUT2D eigenvalue weighted by molar-refractivity contribution is 14.1. The lowest BCUT2D eigenvalue weighted by Gasteiger charge is -2.44. The molecule has 0 bridgehead atoms. The lowest BCUT2D eigenvalue weighted by atomic mass is 9.74. The average molecular weight is 1700 g/mol. The predicted octanol–water partition coefficient (Wildman–Crippen LogP) is 19.9. The van der Waals surface area contributed by atoms with Crippen molar-refractivity contribution in [2.24, 2.45) is 22.0 Å². The minimum Gasteiger partial charge on any atom is -0.355 e. The van der Waals surface area contributed by atoms with Crippen LogP contribution in [0.3, 0.4) is 0 Å². The summed E-state index contributed by atoms with van der Waals surface area (Å²) < 4.78 is 116. The summed E-state index contributed by atoms with van der Waals surface area (Å²) in [5.74, 6) is 1.36. The third kappa shape index (κ3) is 19.1. The second-order valence-electron chi connectivity index (χ2n) is 28.0. The zero-order valence-corrected chi connectivity index (χ0v) is 66.2. The van der Waals surface area contributed by atoms with E-state index < -0.39 is 45.7 Å². The van der Waals surface area contributed by atoms with Gasteiger partial charge in [0.15, 0.2) is 11.4 Å². The number of rotatable bonds is 13. The van der Waals surface area contributed by atoms with Gasteiger partial charge in [0, 0.05) is 72.1 Å². The summed E-state index contributed by atoms with van der Waals surface area (Å²) in [4.78, 5) is 33.5. The number of hydrogen-bond acceptors (Lipinski definition) is 15. The highest BCUT2D eigenvalue weighted by Gasteiger charge is 2.49. The minimum atomic E-state index is -4.68. The van der Waals surface area contributed by atoms with Gasteiger partial charge in [-0.2, -0.15) is 26.3 Å². The van der Waals surface area contributed by atoms with Crippen LogP contribution in [0.15, 0.2) is 103 Å². The zero-order chi connectivity index (χ0) is 71.6. The predicted molar refractivity (Wildman–Crippen MR) is 401 cm³/mol. The molecule has 99 heavy (non-hydrogen) atoms. The Morgan fingerprint density at radius 1 is 0.485 bits per heavy atom. The molecule has 4 N–H and O–H groups in total. The number of benzene rings is 3. The Bertz CT molecular complexity index is 3900. The standard InChI is InChI=1S/C24H29Cl2F3N4OS2.C23H29Cl2IN4OS2.C20H21Cl2F3N4S/c1-22(2,3)36(34)32-17-8-5-9-23(17)10-12-33(13-11-23)18-14-30-21(20(31-18)24(27,28)29)35-16-7-4-6-15(25)19(16)26;1-22(2,3)33(31)29-17-8-5-9-23(17)10-12-30(13-11-23)18-14-27-21(20(26)28-18)32-16-7-4-6-15(24)19(16)25;21-12-3-1-4-13(16(12)22)30-18-17(20(23,24)25)28-15(11-27-18)29-9-7-19(8-10-29)6-2-5-14(19)26/h4,6-7,14,17,32H,5,8-13H2,1-3H3;4,6-7,14,17,29H,5,8-13H2,1-3H3;1,3-4,11,14H,2,5-10,26H2/t17-,36-;17-,33-;14-/m111/s1. The highest BCUT2D eigenvalue weighted by atomic mass is 127. The van der Waals surface area contributed by atoms with E-state index in [1.54, 1.807) is 42.5 Å². The first-order valence-corrected chi connectivity index (χ1v) is 40.8. The van der Waals surface area contributed by atoms with Crippen LogP contribution in [0.5, 0.6) is 0 Å². The molecule has 12 rings (SSSR count). The highest BCUT2D eigenvalue weighted by Crippen LogP contribution is 2.52. The van der Waals surface area contributed by atoms with Crippen LogP contribution in [0.4, 0.5) is 43.8 Å². The van der Waals surface area contributed by atoms with E-state index in [2.05, 4.69) is 61.9 Å². The van der Waals surface area contributed by atoms with Gasteiger partial charge in [-0.05, 0) is 194 Å². The number of nitrogens with zero attached hydrogens (tertiary/aromatic N) is 9. The maximum absolute atomic E-state index is 14.0.